The Morgan fingerprint density at radius 2 is 2.00 bits per heavy atom. The fraction of sp³-hybridized carbons (Fsp3) is 0.222. The summed E-state index contributed by atoms with van der Waals surface area (Å²) < 4.78 is 36.7. The van der Waals surface area contributed by atoms with Crippen molar-refractivity contribution in [2.75, 3.05) is 6.26 Å². The van der Waals surface area contributed by atoms with E-state index in [9.17, 15) is 13.2 Å². The second kappa shape index (κ2) is 3.93. The van der Waals surface area contributed by atoms with Crippen molar-refractivity contribution >= 4 is 11.8 Å². The Bertz CT molecular complexity index is 379. The third kappa shape index (κ3) is 2.20. The van der Waals surface area contributed by atoms with Crippen LogP contribution >= 0.6 is 11.8 Å². The third-order valence-corrected chi connectivity index (χ3v) is 2.43. The lowest BCUT2D eigenvalue weighted by atomic mass is 10.1. The van der Waals surface area contributed by atoms with E-state index in [4.69, 9.17) is 5.26 Å². The minimum Gasteiger partial charge on any atom is -0.192 e. The quantitative estimate of drug-likeness (QED) is 0.674. The van der Waals surface area contributed by atoms with Gasteiger partial charge in [-0.3, -0.25) is 0 Å². The van der Waals surface area contributed by atoms with Crippen molar-refractivity contribution in [2.45, 2.75) is 11.1 Å². The molecule has 0 radical (unpaired) electrons. The van der Waals surface area contributed by atoms with Crippen molar-refractivity contribution < 1.29 is 13.2 Å². The van der Waals surface area contributed by atoms with Gasteiger partial charge in [0.15, 0.2) is 0 Å². The minimum absolute atomic E-state index is 0.269. The molecule has 0 heterocycles. The molecule has 0 atom stereocenters. The topological polar surface area (TPSA) is 23.8 Å². The smallest absolute Gasteiger partial charge is 0.192 e. The number of thioether (sulfide) groups is 1. The van der Waals surface area contributed by atoms with Crippen LogP contribution in [-0.2, 0) is 6.18 Å². The number of halogens is 3. The molecule has 1 rings (SSSR count). The van der Waals surface area contributed by atoms with Crippen LogP contribution in [0.3, 0.4) is 0 Å². The SMILES string of the molecule is CSc1cc(C(F)(F)F)ccc1C#N. The van der Waals surface area contributed by atoms with Gasteiger partial charge in [0.25, 0.3) is 0 Å². The zero-order valence-electron chi connectivity index (χ0n) is 7.22. The van der Waals surface area contributed by atoms with Gasteiger partial charge in [-0.2, -0.15) is 18.4 Å². The summed E-state index contributed by atoms with van der Waals surface area (Å²) in [7, 11) is 0. The Labute approximate surface area is 83.5 Å². The molecule has 1 aromatic carbocycles. The zero-order valence-corrected chi connectivity index (χ0v) is 8.04. The monoisotopic (exact) mass is 217 g/mol. The maximum absolute atomic E-state index is 12.2. The molecule has 0 N–H and O–H groups in total. The van der Waals surface area contributed by atoms with Gasteiger partial charge >= 0.3 is 6.18 Å². The molecule has 0 unspecified atom stereocenters. The van der Waals surface area contributed by atoms with E-state index in [1.165, 1.54) is 6.07 Å². The Morgan fingerprint density at radius 3 is 2.43 bits per heavy atom. The summed E-state index contributed by atoms with van der Waals surface area (Å²) in [6, 6.07) is 4.93. The van der Waals surface area contributed by atoms with Gasteiger partial charge in [-0.15, -0.1) is 11.8 Å². The normalized spacial score (nSPS) is 11.1. The van der Waals surface area contributed by atoms with E-state index in [1.807, 2.05) is 6.07 Å². The van der Waals surface area contributed by atoms with E-state index in [1.54, 1.807) is 6.26 Å². The van der Waals surface area contributed by atoms with Crippen LogP contribution in [0.15, 0.2) is 23.1 Å². The highest BCUT2D eigenvalue weighted by Gasteiger charge is 2.30. The van der Waals surface area contributed by atoms with Crippen molar-refractivity contribution in [2.24, 2.45) is 0 Å². The molecule has 1 aromatic rings. The van der Waals surface area contributed by atoms with Gasteiger partial charge in [-0.1, -0.05) is 0 Å². The van der Waals surface area contributed by atoms with Gasteiger partial charge in [0.1, 0.15) is 6.07 Å². The molecule has 0 saturated heterocycles. The van der Waals surface area contributed by atoms with E-state index in [2.05, 4.69) is 0 Å². The van der Waals surface area contributed by atoms with Crippen molar-refractivity contribution in [3.05, 3.63) is 29.3 Å². The number of nitrogens with zero attached hydrogens (tertiary/aromatic N) is 1. The first-order valence-electron chi connectivity index (χ1n) is 3.64. The highest BCUT2D eigenvalue weighted by atomic mass is 32.2. The van der Waals surface area contributed by atoms with E-state index in [-0.39, 0.29) is 5.56 Å². The molecule has 74 valence electrons. The van der Waals surface area contributed by atoms with Crippen LogP contribution in [0, 0.1) is 11.3 Å². The molecule has 0 bridgehead atoms. The number of hydrogen-bond donors (Lipinski definition) is 0. The van der Waals surface area contributed by atoms with Gasteiger partial charge in [-0.05, 0) is 24.5 Å². The van der Waals surface area contributed by atoms with Crippen LogP contribution in [0.1, 0.15) is 11.1 Å². The van der Waals surface area contributed by atoms with Crippen molar-refractivity contribution in [1.29, 1.82) is 5.26 Å². The predicted octanol–water partition coefficient (Wildman–Crippen LogP) is 3.30. The standard InChI is InChI=1S/C9H6F3NS/c1-14-8-4-7(9(10,11)12)3-2-6(8)5-13/h2-4H,1H3. The fourth-order valence-electron chi connectivity index (χ4n) is 0.960. The zero-order chi connectivity index (χ0) is 10.8. The van der Waals surface area contributed by atoms with Gasteiger partial charge in [0.05, 0.1) is 11.1 Å². The lowest BCUT2D eigenvalue weighted by molar-refractivity contribution is -0.137. The summed E-state index contributed by atoms with van der Waals surface area (Å²) in [6.07, 6.45) is -2.71. The average Bonchev–Trinajstić information content (AvgIpc) is 2.15. The highest BCUT2D eigenvalue weighted by molar-refractivity contribution is 7.98. The molecule has 0 aliphatic rings. The van der Waals surface area contributed by atoms with Crippen LogP contribution in [0.2, 0.25) is 0 Å². The largest absolute Gasteiger partial charge is 0.416 e. The summed E-state index contributed by atoms with van der Waals surface area (Å²) in [6.45, 7) is 0. The Hall–Kier alpha value is -1.15. The van der Waals surface area contributed by atoms with Crippen molar-refractivity contribution in [3.63, 3.8) is 0 Å². The van der Waals surface area contributed by atoms with Gasteiger partial charge < -0.3 is 0 Å². The molecule has 0 saturated carbocycles. The predicted molar refractivity (Wildman–Crippen MR) is 47.9 cm³/mol. The summed E-state index contributed by atoms with van der Waals surface area (Å²) in [5, 5.41) is 8.60. The summed E-state index contributed by atoms with van der Waals surface area (Å²) in [5.74, 6) is 0. The minimum atomic E-state index is -4.35. The van der Waals surface area contributed by atoms with Crippen LogP contribution < -0.4 is 0 Å². The summed E-state index contributed by atoms with van der Waals surface area (Å²) >= 11 is 1.13. The van der Waals surface area contributed by atoms with E-state index in [0.29, 0.717) is 4.90 Å². The van der Waals surface area contributed by atoms with Crippen LogP contribution in [0.5, 0.6) is 0 Å². The van der Waals surface area contributed by atoms with Crippen molar-refractivity contribution in [1.82, 2.24) is 0 Å². The number of rotatable bonds is 1. The molecular weight excluding hydrogens is 211 g/mol. The second-order valence-electron chi connectivity index (χ2n) is 2.52. The molecule has 0 aliphatic heterocycles. The molecule has 0 aromatic heterocycles. The maximum Gasteiger partial charge on any atom is 0.416 e. The first-order valence-corrected chi connectivity index (χ1v) is 4.87. The first kappa shape index (κ1) is 10.9. The molecular formula is C9H6F3NS. The van der Waals surface area contributed by atoms with Gasteiger partial charge in [-0.25, -0.2) is 0 Å². The molecule has 0 aliphatic carbocycles. The first-order chi connectivity index (χ1) is 6.49. The molecule has 0 fully saturated rings. The van der Waals surface area contributed by atoms with Crippen LogP contribution in [-0.4, -0.2) is 6.26 Å². The number of benzene rings is 1. The number of alkyl halides is 3. The molecule has 1 nitrogen and oxygen atoms in total. The number of hydrogen-bond acceptors (Lipinski definition) is 2. The van der Waals surface area contributed by atoms with E-state index >= 15 is 0 Å². The summed E-state index contributed by atoms with van der Waals surface area (Å²) in [4.78, 5) is 0.349. The Kier molecular flexibility index (Phi) is 3.06. The molecule has 14 heavy (non-hydrogen) atoms. The van der Waals surface area contributed by atoms with Gasteiger partial charge in [0, 0.05) is 4.90 Å². The highest BCUT2D eigenvalue weighted by Crippen LogP contribution is 2.32. The third-order valence-electron chi connectivity index (χ3n) is 1.65. The lowest BCUT2D eigenvalue weighted by Gasteiger charge is -2.08. The van der Waals surface area contributed by atoms with E-state index in [0.717, 1.165) is 23.9 Å². The molecule has 5 heteroatoms. The number of nitriles is 1. The summed E-state index contributed by atoms with van der Waals surface area (Å²) in [5.41, 5.74) is -0.452. The van der Waals surface area contributed by atoms with E-state index < -0.39 is 11.7 Å². The Morgan fingerprint density at radius 1 is 1.36 bits per heavy atom. The Balaban J connectivity index is 3.23. The van der Waals surface area contributed by atoms with Crippen LogP contribution in [0.25, 0.3) is 0 Å². The maximum atomic E-state index is 12.2. The molecule has 0 spiro atoms. The molecule has 0 amide bonds. The van der Waals surface area contributed by atoms with Crippen molar-refractivity contribution in [3.8, 4) is 6.07 Å². The second-order valence-corrected chi connectivity index (χ2v) is 3.37. The lowest BCUT2D eigenvalue weighted by Crippen LogP contribution is -2.05. The average molecular weight is 217 g/mol. The van der Waals surface area contributed by atoms with Gasteiger partial charge in [0.2, 0.25) is 0 Å². The van der Waals surface area contributed by atoms with Crippen LogP contribution in [0.4, 0.5) is 13.2 Å². The fourth-order valence-corrected chi connectivity index (χ4v) is 1.54.